The van der Waals surface area contributed by atoms with Gasteiger partial charge in [-0.15, -0.1) is 0 Å². The molecule has 20 heavy (non-hydrogen) atoms. The first kappa shape index (κ1) is 14.8. The normalized spacial score (nSPS) is 22.1. The van der Waals surface area contributed by atoms with Gasteiger partial charge in [-0.25, -0.2) is 0 Å². The number of β-amino-alcohol motifs (C(OH)–C–C–N with tert-alkyl or cyclic N) is 2. The summed E-state index contributed by atoms with van der Waals surface area (Å²) in [6.45, 7) is 2.92. The molecular weight excluding hydrogens is 258 g/mol. The van der Waals surface area contributed by atoms with E-state index in [-0.39, 0.29) is 19.0 Å². The zero-order chi connectivity index (χ0) is 14.5. The van der Waals surface area contributed by atoms with E-state index in [2.05, 4.69) is 0 Å². The molecule has 0 bridgehead atoms. The Hall–Kier alpha value is -1.59. The van der Waals surface area contributed by atoms with Crippen molar-refractivity contribution in [3.8, 4) is 5.75 Å². The number of aliphatic hydroxyl groups excluding tert-OH is 2. The first-order chi connectivity index (χ1) is 9.56. The lowest BCUT2D eigenvalue weighted by Gasteiger charge is -2.15. The highest BCUT2D eigenvalue weighted by Crippen LogP contribution is 2.14. The van der Waals surface area contributed by atoms with E-state index < -0.39 is 12.2 Å². The van der Waals surface area contributed by atoms with Crippen molar-refractivity contribution < 1.29 is 19.7 Å². The number of carbonyl (C=O) groups is 1. The Labute approximate surface area is 118 Å². The third-order valence-electron chi connectivity index (χ3n) is 3.40. The minimum atomic E-state index is -0.817. The summed E-state index contributed by atoms with van der Waals surface area (Å²) in [4.78, 5) is 13.4. The maximum absolute atomic E-state index is 11.9. The predicted molar refractivity (Wildman–Crippen MR) is 74.5 cm³/mol. The Bertz CT molecular complexity index is 453. The lowest BCUT2D eigenvalue weighted by molar-refractivity contribution is -0.130. The molecule has 0 unspecified atom stereocenters. The third kappa shape index (κ3) is 3.95. The molecule has 5 nitrogen and oxygen atoms in total. The lowest BCUT2D eigenvalue weighted by atomic mass is 10.2. The zero-order valence-corrected chi connectivity index (χ0v) is 11.7. The van der Waals surface area contributed by atoms with E-state index in [9.17, 15) is 15.0 Å². The molecule has 2 rings (SSSR count). The molecule has 2 atom stereocenters. The van der Waals surface area contributed by atoms with Crippen molar-refractivity contribution in [1.82, 2.24) is 4.90 Å². The molecule has 110 valence electrons. The van der Waals surface area contributed by atoms with Gasteiger partial charge in [0.05, 0.1) is 18.8 Å². The Morgan fingerprint density at radius 3 is 2.70 bits per heavy atom. The van der Waals surface area contributed by atoms with Crippen LogP contribution >= 0.6 is 0 Å². The summed E-state index contributed by atoms with van der Waals surface area (Å²) in [5.74, 6) is 0.762. The molecule has 0 radical (unpaired) electrons. The van der Waals surface area contributed by atoms with Gasteiger partial charge in [0.15, 0.2) is 0 Å². The van der Waals surface area contributed by atoms with Crippen molar-refractivity contribution in [2.45, 2.75) is 32.0 Å². The van der Waals surface area contributed by atoms with Crippen molar-refractivity contribution in [2.24, 2.45) is 0 Å². The number of carbonyl (C=O) groups excluding carboxylic acids is 1. The lowest BCUT2D eigenvalue weighted by Crippen LogP contribution is -2.29. The van der Waals surface area contributed by atoms with Crippen LogP contribution in [0, 0.1) is 6.92 Å². The molecule has 1 fully saturated rings. The van der Waals surface area contributed by atoms with Crippen molar-refractivity contribution >= 4 is 5.91 Å². The van der Waals surface area contributed by atoms with Crippen molar-refractivity contribution in [3.05, 3.63) is 29.8 Å². The third-order valence-corrected chi connectivity index (χ3v) is 3.40. The first-order valence-corrected chi connectivity index (χ1v) is 6.89. The quantitative estimate of drug-likeness (QED) is 0.779. The minimum Gasteiger partial charge on any atom is -0.494 e. The maximum atomic E-state index is 11.9. The zero-order valence-electron chi connectivity index (χ0n) is 11.7. The van der Waals surface area contributed by atoms with E-state index in [1.807, 2.05) is 31.2 Å². The molecule has 1 amide bonds. The predicted octanol–water partition coefficient (Wildman–Crippen LogP) is 0.718. The fraction of sp³-hybridized carbons (Fsp3) is 0.533. The van der Waals surface area contributed by atoms with Crippen LogP contribution in [0.2, 0.25) is 0 Å². The van der Waals surface area contributed by atoms with Crippen LogP contribution in [0.5, 0.6) is 5.75 Å². The van der Waals surface area contributed by atoms with Crippen LogP contribution in [0.15, 0.2) is 24.3 Å². The maximum Gasteiger partial charge on any atom is 0.222 e. The van der Waals surface area contributed by atoms with Crippen molar-refractivity contribution in [1.29, 1.82) is 0 Å². The summed E-state index contributed by atoms with van der Waals surface area (Å²) in [6, 6.07) is 7.78. The average molecular weight is 279 g/mol. The molecule has 1 heterocycles. The molecule has 0 aromatic heterocycles. The molecular formula is C15H21NO4. The molecule has 1 aromatic rings. The summed E-state index contributed by atoms with van der Waals surface area (Å²) >= 11 is 0. The van der Waals surface area contributed by atoms with E-state index in [0.29, 0.717) is 19.4 Å². The number of hydrogen-bond donors (Lipinski definition) is 2. The van der Waals surface area contributed by atoms with Crippen LogP contribution < -0.4 is 4.74 Å². The second-order valence-corrected chi connectivity index (χ2v) is 5.20. The smallest absolute Gasteiger partial charge is 0.222 e. The Balaban J connectivity index is 1.67. The van der Waals surface area contributed by atoms with Crippen LogP contribution in [0.4, 0.5) is 0 Å². The number of aryl methyl sites for hydroxylation is 1. The monoisotopic (exact) mass is 279 g/mol. The molecule has 1 aromatic carbocycles. The summed E-state index contributed by atoms with van der Waals surface area (Å²) in [6.07, 6.45) is -0.647. The van der Waals surface area contributed by atoms with E-state index in [1.165, 1.54) is 4.90 Å². The second kappa shape index (κ2) is 6.72. The fourth-order valence-electron chi connectivity index (χ4n) is 2.25. The van der Waals surface area contributed by atoms with Gasteiger partial charge in [0.2, 0.25) is 5.91 Å². The van der Waals surface area contributed by atoms with E-state index in [0.717, 1.165) is 11.3 Å². The van der Waals surface area contributed by atoms with Gasteiger partial charge in [-0.2, -0.15) is 0 Å². The molecule has 2 N–H and O–H groups in total. The van der Waals surface area contributed by atoms with Crippen molar-refractivity contribution in [2.75, 3.05) is 19.7 Å². The Morgan fingerprint density at radius 2 is 2.05 bits per heavy atom. The van der Waals surface area contributed by atoms with Crippen LogP contribution in [-0.2, 0) is 4.79 Å². The standard InChI is InChI=1S/C15H21NO4/c1-11-4-2-5-12(8-11)20-7-3-6-15(19)16-9-13(17)14(18)10-16/h2,4-5,8,13-14,17-18H,3,6-7,9-10H2,1H3/t13-,14+. The van der Waals surface area contributed by atoms with E-state index in [1.54, 1.807) is 0 Å². The van der Waals surface area contributed by atoms with Crippen LogP contribution in [-0.4, -0.2) is 52.9 Å². The fourth-order valence-corrected chi connectivity index (χ4v) is 2.25. The second-order valence-electron chi connectivity index (χ2n) is 5.20. The van der Waals surface area contributed by atoms with Gasteiger partial charge in [0.1, 0.15) is 5.75 Å². The number of likely N-dealkylation sites (tertiary alicyclic amines) is 1. The molecule has 0 aliphatic carbocycles. The molecule has 0 saturated carbocycles. The SMILES string of the molecule is Cc1cccc(OCCCC(=O)N2C[C@@H](O)[C@@H](O)C2)c1. The Kier molecular flexibility index (Phi) is 4.98. The number of amides is 1. The largest absolute Gasteiger partial charge is 0.494 e. The number of benzene rings is 1. The van der Waals surface area contributed by atoms with Crippen LogP contribution in [0.25, 0.3) is 0 Å². The van der Waals surface area contributed by atoms with Crippen molar-refractivity contribution in [3.63, 3.8) is 0 Å². The summed E-state index contributed by atoms with van der Waals surface area (Å²) in [5.41, 5.74) is 1.14. The molecule has 1 saturated heterocycles. The van der Waals surface area contributed by atoms with Gasteiger partial charge in [-0.1, -0.05) is 12.1 Å². The first-order valence-electron chi connectivity index (χ1n) is 6.89. The molecule has 1 aliphatic heterocycles. The summed E-state index contributed by atoms with van der Waals surface area (Å²) < 4.78 is 5.57. The van der Waals surface area contributed by atoms with Gasteiger partial charge in [-0.05, 0) is 31.0 Å². The van der Waals surface area contributed by atoms with Gasteiger partial charge in [0.25, 0.3) is 0 Å². The number of aliphatic hydroxyl groups is 2. The van der Waals surface area contributed by atoms with Crippen LogP contribution in [0.3, 0.4) is 0 Å². The number of nitrogens with zero attached hydrogens (tertiary/aromatic N) is 1. The molecule has 5 heteroatoms. The topological polar surface area (TPSA) is 70.0 Å². The highest BCUT2D eigenvalue weighted by atomic mass is 16.5. The van der Waals surface area contributed by atoms with E-state index in [4.69, 9.17) is 4.74 Å². The minimum absolute atomic E-state index is 0.0477. The highest BCUT2D eigenvalue weighted by Gasteiger charge is 2.31. The highest BCUT2D eigenvalue weighted by molar-refractivity contribution is 5.76. The number of rotatable bonds is 5. The number of hydrogen-bond acceptors (Lipinski definition) is 4. The van der Waals surface area contributed by atoms with Gasteiger partial charge in [-0.3, -0.25) is 4.79 Å². The van der Waals surface area contributed by atoms with E-state index >= 15 is 0 Å². The average Bonchev–Trinajstić information content (AvgIpc) is 2.75. The van der Waals surface area contributed by atoms with Gasteiger partial charge < -0.3 is 19.8 Å². The Morgan fingerprint density at radius 1 is 1.35 bits per heavy atom. The molecule has 0 spiro atoms. The summed E-state index contributed by atoms with van der Waals surface area (Å²) in [5, 5.41) is 18.8. The van der Waals surface area contributed by atoms with Crippen LogP contribution in [0.1, 0.15) is 18.4 Å². The summed E-state index contributed by atoms with van der Waals surface area (Å²) in [7, 11) is 0. The van der Waals surface area contributed by atoms with Gasteiger partial charge >= 0.3 is 0 Å². The molecule has 1 aliphatic rings. The van der Waals surface area contributed by atoms with Gasteiger partial charge in [0, 0.05) is 19.5 Å². The number of ether oxygens (including phenoxy) is 1.